The van der Waals surface area contributed by atoms with Crippen molar-refractivity contribution in [2.45, 2.75) is 58.6 Å². The van der Waals surface area contributed by atoms with Crippen molar-refractivity contribution < 1.29 is 9.53 Å². The van der Waals surface area contributed by atoms with E-state index in [0.717, 1.165) is 36.4 Å². The Bertz CT molecular complexity index is 604. The summed E-state index contributed by atoms with van der Waals surface area (Å²) < 4.78 is 5.86. The van der Waals surface area contributed by atoms with Gasteiger partial charge in [0.2, 0.25) is 5.91 Å². The lowest BCUT2D eigenvalue weighted by atomic mass is 9.46. The van der Waals surface area contributed by atoms with Crippen molar-refractivity contribution in [3.05, 3.63) is 10.6 Å². The van der Waals surface area contributed by atoms with Crippen molar-refractivity contribution in [3.8, 4) is 0 Å². The van der Waals surface area contributed by atoms with E-state index in [-0.39, 0.29) is 35.8 Å². The van der Waals surface area contributed by atoms with Gasteiger partial charge in [-0.15, -0.1) is 23.7 Å². The van der Waals surface area contributed by atoms with Crippen molar-refractivity contribution >= 4 is 34.8 Å². The summed E-state index contributed by atoms with van der Waals surface area (Å²) in [6.45, 7) is 8.93. The van der Waals surface area contributed by atoms with E-state index < -0.39 is 5.54 Å². The quantitative estimate of drug-likeness (QED) is 0.869. The molecule has 7 heteroatoms. The molecule has 1 aliphatic heterocycles. The van der Waals surface area contributed by atoms with Crippen molar-refractivity contribution in [2.24, 2.45) is 17.1 Å². The number of ether oxygens (including phenoxy) is 1. The van der Waals surface area contributed by atoms with E-state index >= 15 is 0 Å². The number of fused-ring (bicyclic) bond motifs is 1. The number of amides is 1. The molecule has 5 nitrogen and oxygen atoms in total. The maximum Gasteiger partial charge on any atom is 0.247 e. The van der Waals surface area contributed by atoms with Gasteiger partial charge in [-0.25, -0.2) is 4.98 Å². The van der Waals surface area contributed by atoms with Gasteiger partial charge in [-0.2, -0.15) is 0 Å². The van der Waals surface area contributed by atoms with Crippen LogP contribution in [0.5, 0.6) is 0 Å². The third-order valence-corrected chi connectivity index (χ3v) is 6.44. The van der Waals surface area contributed by atoms with Gasteiger partial charge in [-0.3, -0.25) is 4.79 Å². The number of carbonyl (C=O) groups is 1. The van der Waals surface area contributed by atoms with E-state index in [1.54, 1.807) is 0 Å². The summed E-state index contributed by atoms with van der Waals surface area (Å²) >= 11 is 1.52. The zero-order valence-corrected chi connectivity index (χ0v) is 15.8. The predicted molar refractivity (Wildman–Crippen MR) is 95.3 cm³/mol. The predicted octanol–water partition coefficient (Wildman–Crippen LogP) is 2.91. The summed E-state index contributed by atoms with van der Waals surface area (Å²) in [7, 11) is 0. The third kappa shape index (κ3) is 2.60. The molecular formula is C16H26ClN3O2S. The fourth-order valence-corrected chi connectivity index (χ4v) is 4.94. The van der Waals surface area contributed by atoms with Gasteiger partial charge < -0.3 is 15.8 Å². The number of rotatable bonds is 3. The van der Waals surface area contributed by atoms with Gasteiger partial charge in [0.05, 0.1) is 11.8 Å². The number of aryl methyl sites for hydroxylation is 2. The average molecular weight is 360 g/mol. The number of thiazole rings is 1. The molecule has 0 radical (unpaired) electrons. The molecule has 3 rings (SSSR count). The SMILES string of the molecule is CCc1nc(NC(=O)C2(N)C3CCCOC3C2(C)C)sc1C.Cl. The molecule has 23 heavy (non-hydrogen) atoms. The number of anilines is 1. The standard InChI is InChI=1S/C16H25N3O2S.ClH/c1-5-11-9(2)22-14(18-11)19-13(20)16(17)10-7-6-8-21-12(10)15(16,3)4;/h10,12H,5-8,17H2,1-4H3,(H,18,19,20);1H. The Kier molecular flexibility index (Phi) is 5.12. The number of halogens is 1. The zero-order valence-electron chi connectivity index (χ0n) is 14.1. The van der Waals surface area contributed by atoms with Crippen LogP contribution < -0.4 is 11.1 Å². The summed E-state index contributed by atoms with van der Waals surface area (Å²) in [5.41, 5.74) is 6.38. The molecule has 0 aromatic carbocycles. The maximum absolute atomic E-state index is 12.9. The lowest BCUT2D eigenvalue weighted by Gasteiger charge is -2.64. The number of aromatic nitrogens is 1. The molecule has 2 aliphatic rings. The molecule has 3 atom stereocenters. The Morgan fingerprint density at radius 3 is 2.83 bits per heavy atom. The van der Waals surface area contributed by atoms with Gasteiger partial charge in [0, 0.05) is 22.8 Å². The van der Waals surface area contributed by atoms with Crippen LogP contribution in [0.3, 0.4) is 0 Å². The molecule has 0 spiro atoms. The lowest BCUT2D eigenvalue weighted by molar-refractivity contribution is -0.222. The fourth-order valence-electron chi connectivity index (χ4n) is 4.05. The second-order valence-corrected chi connectivity index (χ2v) is 8.16. The van der Waals surface area contributed by atoms with Gasteiger partial charge in [0.1, 0.15) is 5.54 Å². The van der Waals surface area contributed by atoms with Crippen molar-refractivity contribution in [1.29, 1.82) is 0 Å². The largest absolute Gasteiger partial charge is 0.377 e. The first-order chi connectivity index (χ1) is 10.3. The highest BCUT2D eigenvalue weighted by Crippen LogP contribution is 2.57. The van der Waals surface area contributed by atoms with Crippen LogP contribution in [0.4, 0.5) is 5.13 Å². The molecule has 1 aromatic rings. The second-order valence-electron chi connectivity index (χ2n) is 6.96. The van der Waals surface area contributed by atoms with Gasteiger partial charge in [0.25, 0.3) is 0 Å². The van der Waals surface area contributed by atoms with Crippen LogP contribution >= 0.6 is 23.7 Å². The Hall–Kier alpha value is -0.690. The lowest BCUT2D eigenvalue weighted by Crippen LogP contribution is -2.81. The van der Waals surface area contributed by atoms with Crippen molar-refractivity contribution in [3.63, 3.8) is 0 Å². The number of carbonyl (C=O) groups excluding carboxylic acids is 1. The summed E-state index contributed by atoms with van der Waals surface area (Å²) in [6, 6.07) is 0. The van der Waals surface area contributed by atoms with Crippen LogP contribution in [-0.4, -0.2) is 29.1 Å². The number of hydrogen-bond donors (Lipinski definition) is 2. The first-order valence-electron chi connectivity index (χ1n) is 8.00. The normalized spacial score (nSPS) is 31.5. The number of nitrogens with two attached hydrogens (primary N) is 1. The topological polar surface area (TPSA) is 77.2 Å². The summed E-state index contributed by atoms with van der Waals surface area (Å²) in [5.74, 6) is -0.0244. The zero-order chi connectivity index (χ0) is 16.1. The Morgan fingerprint density at radius 2 is 2.22 bits per heavy atom. The van der Waals surface area contributed by atoms with E-state index in [2.05, 4.69) is 17.2 Å². The Morgan fingerprint density at radius 1 is 1.52 bits per heavy atom. The molecule has 1 aliphatic carbocycles. The van der Waals surface area contributed by atoms with E-state index in [0.29, 0.717) is 5.13 Å². The van der Waals surface area contributed by atoms with E-state index in [1.165, 1.54) is 11.3 Å². The number of nitrogens with one attached hydrogen (secondary N) is 1. The highest BCUT2D eigenvalue weighted by atomic mass is 35.5. The molecular weight excluding hydrogens is 334 g/mol. The highest BCUT2D eigenvalue weighted by molar-refractivity contribution is 7.15. The molecule has 130 valence electrons. The fraction of sp³-hybridized carbons (Fsp3) is 0.750. The summed E-state index contributed by atoms with van der Waals surface area (Å²) in [5, 5.41) is 3.61. The molecule has 2 heterocycles. The smallest absolute Gasteiger partial charge is 0.247 e. The van der Waals surface area contributed by atoms with Gasteiger partial charge in [0.15, 0.2) is 5.13 Å². The van der Waals surface area contributed by atoms with Crippen molar-refractivity contribution in [2.75, 3.05) is 11.9 Å². The van der Waals surface area contributed by atoms with Crippen LogP contribution in [0.15, 0.2) is 0 Å². The molecule has 0 bridgehead atoms. The molecule has 1 aromatic heterocycles. The Balaban J connectivity index is 0.00000192. The minimum atomic E-state index is -0.885. The number of nitrogens with zero attached hydrogens (tertiary/aromatic N) is 1. The summed E-state index contributed by atoms with van der Waals surface area (Å²) in [6.07, 6.45) is 2.88. The van der Waals surface area contributed by atoms with E-state index in [1.807, 2.05) is 20.8 Å². The average Bonchev–Trinajstić information content (AvgIpc) is 2.85. The molecule has 3 unspecified atom stereocenters. The van der Waals surface area contributed by atoms with Gasteiger partial charge >= 0.3 is 0 Å². The molecule has 1 amide bonds. The minimum Gasteiger partial charge on any atom is -0.377 e. The number of hydrogen-bond acceptors (Lipinski definition) is 5. The Labute approximate surface area is 147 Å². The monoisotopic (exact) mass is 359 g/mol. The van der Waals surface area contributed by atoms with Gasteiger partial charge in [-0.1, -0.05) is 20.8 Å². The van der Waals surface area contributed by atoms with E-state index in [4.69, 9.17) is 10.5 Å². The van der Waals surface area contributed by atoms with Crippen LogP contribution in [-0.2, 0) is 16.0 Å². The molecule has 1 saturated heterocycles. The third-order valence-electron chi connectivity index (χ3n) is 5.51. The first kappa shape index (κ1) is 18.6. The van der Waals surface area contributed by atoms with Gasteiger partial charge in [-0.05, 0) is 26.2 Å². The van der Waals surface area contributed by atoms with Crippen molar-refractivity contribution in [1.82, 2.24) is 4.98 Å². The van der Waals surface area contributed by atoms with Crippen LogP contribution in [0.1, 0.15) is 44.2 Å². The first-order valence-corrected chi connectivity index (χ1v) is 8.82. The molecule has 3 N–H and O–H groups in total. The molecule has 2 fully saturated rings. The maximum atomic E-state index is 12.9. The minimum absolute atomic E-state index is 0. The highest BCUT2D eigenvalue weighted by Gasteiger charge is 2.70. The van der Waals surface area contributed by atoms with Crippen LogP contribution in [0.2, 0.25) is 0 Å². The van der Waals surface area contributed by atoms with Crippen LogP contribution in [0, 0.1) is 18.3 Å². The second kappa shape index (κ2) is 6.31. The molecule has 1 saturated carbocycles. The summed E-state index contributed by atoms with van der Waals surface area (Å²) in [4.78, 5) is 18.5. The van der Waals surface area contributed by atoms with Crippen LogP contribution in [0.25, 0.3) is 0 Å². The van der Waals surface area contributed by atoms with E-state index in [9.17, 15) is 4.79 Å².